The number of benzene rings is 1. The Labute approximate surface area is 103 Å². The summed E-state index contributed by atoms with van der Waals surface area (Å²) >= 11 is 0. The van der Waals surface area contributed by atoms with Crippen LogP contribution in [0, 0.1) is 5.92 Å². The van der Waals surface area contributed by atoms with Gasteiger partial charge in [-0.05, 0) is 42.5 Å². The summed E-state index contributed by atoms with van der Waals surface area (Å²) in [4.78, 5) is 0. The van der Waals surface area contributed by atoms with E-state index in [1.54, 1.807) is 14.2 Å². The van der Waals surface area contributed by atoms with Crippen molar-refractivity contribution in [2.24, 2.45) is 11.7 Å². The first-order chi connectivity index (χ1) is 8.28. The number of hydrogen-bond donors (Lipinski definition) is 1. The lowest BCUT2D eigenvalue weighted by atomic mass is 9.93. The van der Waals surface area contributed by atoms with Gasteiger partial charge >= 0.3 is 0 Å². The lowest BCUT2D eigenvalue weighted by Crippen LogP contribution is -2.13. The monoisotopic (exact) mass is 235 g/mol. The minimum Gasteiger partial charge on any atom is -0.493 e. The number of methoxy groups -OCH3 is 2. The van der Waals surface area contributed by atoms with Gasteiger partial charge in [0.1, 0.15) is 0 Å². The van der Waals surface area contributed by atoms with Crippen LogP contribution in [0.15, 0.2) is 18.2 Å². The lowest BCUT2D eigenvalue weighted by Gasteiger charge is -2.17. The second kappa shape index (κ2) is 5.41. The molecule has 0 aromatic heterocycles. The van der Waals surface area contributed by atoms with Gasteiger partial charge in [0, 0.05) is 0 Å². The minimum absolute atomic E-state index is 0.447. The van der Waals surface area contributed by atoms with Gasteiger partial charge in [-0.15, -0.1) is 0 Å². The van der Waals surface area contributed by atoms with Crippen LogP contribution in [0.3, 0.4) is 0 Å². The van der Waals surface area contributed by atoms with Crippen LogP contribution in [-0.2, 0) is 0 Å². The third-order valence-electron chi connectivity index (χ3n) is 3.48. The van der Waals surface area contributed by atoms with Crippen LogP contribution in [0.1, 0.15) is 30.7 Å². The molecule has 0 spiro atoms. The van der Waals surface area contributed by atoms with Crippen LogP contribution in [0.4, 0.5) is 0 Å². The Hall–Kier alpha value is -1.22. The van der Waals surface area contributed by atoms with Crippen molar-refractivity contribution >= 4 is 0 Å². The number of nitrogens with two attached hydrogens (primary N) is 1. The number of rotatable bonds is 6. The first-order valence-corrected chi connectivity index (χ1v) is 6.20. The number of hydrogen-bond acceptors (Lipinski definition) is 3. The fourth-order valence-electron chi connectivity index (χ4n) is 2.23. The topological polar surface area (TPSA) is 44.5 Å². The molecule has 3 heteroatoms. The molecule has 3 nitrogen and oxygen atoms in total. The summed E-state index contributed by atoms with van der Waals surface area (Å²) in [6.45, 7) is 0.700. The van der Waals surface area contributed by atoms with E-state index in [0.29, 0.717) is 12.5 Å². The largest absolute Gasteiger partial charge is 0.493 e. The molecule has 1 saturated carbocycles. The van der Waals surface area contributed by atoms with Gasteiger partial charge in [0.2, 0.25) is 0 Å². The van der Waals surface area contributed by atoms with Crippen LogP contribution in [0.2, 0.25) is 0 Å². The fraction of sp³-hybridized carbons (Fsp3) is 0.571. The molecular weight excluding hydrogens is 214 g/mol. The second-order valence-electron chi connectivity index (χ2n) is 4.73. The Morgan fingerprint density at radius 1 is 1.24 bits per heavy atom. The molecule has 1 aromatic carbocycles. The van der Waals surface area contributed by atoms with E-state index in [1.807, 2.05) is 6.07 Å². The van der Waals surface area contributed by atoms with Crippen LogP contribution in [0.5, 0.6) is 11.5 Å². The zero-order chi connectivity index (χ0) is 12.3. The Morgan fingerprint density at radius 3 is 2.47 bits per heavy atom. The summed E-state index contributed by atoms with van der Waals surface area (Å²) in [6.07, 6.45) is 3.93. The molecule has 1 atom stereocenters. The molecule has 0 saturated heterocycles. The molecule has 0 radical (unpaired) electrons. The van der Waals surface area contributed by atoms with Crippen molar-refractivity contribution < 1.29 is 9.47 Å². The van der Waals surface area contributed by atoms with Crippen molar-refractivity contribution in [1.29, 1.82) is 0 Å². The molecule has 1 aromatic rings. The third-order valence-corrected chi connectivity index (χ3v) is 3.48. The van der Waals surface area contributed by atoms with Gasteiger partial charge in [0.15, 0.2) is 11.5 Å². The average molecular weight is 235 g/mol. The van der Waals surface area contributed by atoms with E-state index in [0.717, 1.165) is 17.4 Å². The highest BCUT2D eigenvalue weighted by Crippen LogP contribution is 2.39. The maximum atomic E-state index is 5.87. The molecule has 1 fully saturated rings. The summed E-state index contributed by atoms with van der Waals surface area (Å²) < 4.78 is 10.6. The van der Waals surface area contributed by atoms with E-state index in [2.05, 4.69) is 12.1 Å². The molecule has 1 aliphatic rings. The molecule has 0 bridgehead atoms. The Balaban J connectivity index is 2.17. The predicted octanol–water partition coefficient (Wildman–Crippen LogP) is 2.55. The maximum absolute atomic E-state index is 5.87. The molecule has 2 N–H and O–H groups in total. The highest BCUT2D eigenvalue weighted by molar-refractivity contribution is 5.44. The average Bonchev–Trinajstić information content (AvgIpc) is 3.19. The van der Waals surface area contributed by atoms with Crippen molar-refractivity contribution in [3.63, 3.8) is 0 Å². The first-order valence-electron chi connectivity index (χ1n) is 6.20. The van der Waals surface area contributed by atoms with Crippen LogP contribution in [-0.4, -0.2) is 20.8 Å². The zero-order valence-corrected chi connectivity index (χ0v) is 10.6. The van der Waals surface area contributed by atoms with Crippen molar-refractivity contribution in [3.05, 3.63) is 23.8 Å². The van der Waals surface area contributed by atoms with Gasteiger partial charge in [-0.3, -0.25) is 0 Å². The summed E-state index contributed by atoms with van der Waals surface area (Å²) in [6, 6.07) is 6.11. The zero-order valence-electron chi connectivity index (χ0n) is 10.6. The summed E-state index contributed by atoms with van der Waals surface area (Å²) in [5.41, 5.74) is 7.13. The molecule has 0 heterocycles. The normalized spacial score (nSPS) is 16.6. The number of ether oxygens (including phenoxy) is 2. The molecule has 17 heavy (non-hydrogen) atoms. The smallest absolute Gasteiger partial charge is 0.160 e. The highest BCUT2D eigenvalue weighted by Gasteiger charge is 2.26. The van der Waals surface area contributed by atoms with E-state index < -0.39 is 0 Å². The maximum Gasteiger partial charge on any atom is 0.160 e. The molecule has 0 unspecified atom stereocenters. The van der Waals surface area contributed by atoms with Crippen LogP contribution in [0.25, 0.3) is 0 Å². The van der Waals surface area contributed by atoms with Crippen molar-refractivity contribution in [2.75, 3.05) is 20.8 Å². The standard InChI is InChI=1S/C14H21NO2/c1-16-13-6-5-11(8-14(13)17-2)12(9-15)7-10-3-4-10/h5-6,8,10,12H,3-4,7,9,15H2,1-2H3/t12-/m1/s1. The van der Waals surface area contributed by atoms with Crippen molar-refractivity contribution in [1.82, 2.24) is 0 Å². The van der Waals surface area contributed by atoms with Gasteiger partial charge in [0.25, 0.3) is 0 Å². The molecule has 94 valence electrons. The molecular formula is C14H21NO2. The van der Waals surface area contributed by atoms with Crippen molar-refractivity contribution in [3.8, 4) is 11.5 Å². The third kappa shape index (κ3) is 2.91. The van der Waals surface area contributed by atoms with Crippen molar-refractivity contribution in [2.45, 2.75) is 25.2 Å². The lowest BCUT2D eigenvalue weighted by molar-refractivity contribution is 0.354. The molecule has 1 aliphatic carbocycles. The summed E-state index contributed by atoms with van der Waals surface area (Å²) in [5, 5.41) is 0. The molecule has 0 amide bonds. The van der Waals surface area contributed by atoms with Crippen LogP contribution >= 0.6 is 0 Å². The Morgan fingerprint density at radius 2 is 1.94 bits per heavy atom. The minimum atomic E-state index is 0.447. The van der Waals surface area contributed by atoms with E-state index in [1.165, 1.54) is 24.8 Å². The Bertz CT molecular complexity index is 374. The van der Waals surface area contributed by atoms with Gasteiger partial charge in [-0.1, -0.05) is 18.9 Å². The highest BCUT2D eigenvalue weighted by atomic mass is 16.5. The SMILES string of the molecule is COc1ccc([C@@H](CN)CC2CC2)cc1OC. The first kappa shape index (κ1) is 12.2. The molecule has 2 rings (SSSR count). The Kier molecular flexibility index (Phi) is 3.89. The molecule has 0 aliphatic heterocycles. The fourth-order valence-corrected chi connectivity index (χ4v) is 2.23. The van der Waals surface area contributed by atoms with Gasteiger partial charge < -0.3 is 15.2 Å². The van der Waals surface area contributed by atoms with E-state index in [4.69, 9.17) is 15.2 Å². The van der Waals surface area contributed by atoms with E-state index in [-0.39, 0.29) is 0 Å². The summed E-state index contributed by atoms with van der Waals surface area (Å²) in [7, 11) is 3.32. The van der Waals surface area contributed by atoms with Gasteiger partial charge in [-0.2, -0.15) is 0 Å². The van der Waals surface area contributed by atoms with Gasteiger partial charge in [0.05, 0.1) is 14.2 Å². The van der Waals surface area contributed by atoms with E-state index >= 15 is 0 Å². The quantitative estimate of drug-likeness (QED) is 0.824. The van der Waals surface area contributed by atoms with Crippen LogP contribution < -0.4 is 15.2 Å². The predicted molar refractivity (Wildman–Crippen MR) is 68.7 cm³/mol. The van der Waals surface area contributed by atoms with Gasteiger partial charge in [-0.25, -0.2) is 0 Å². The summed E-state index contributed by atoms with van der Waals surface area (Å²) in [5.74, 6) is 2.90. The van der Waals surface area contributed by atoms with E-state index in [9.17, 15) is 0 Å². The second-order valence-corrected chi connectivity index (χ2v) is 4.73.